The molecule has 1 aromatic carbocycles. The zero-order valence-corrected chi connectivity index (χ0v) is 15.4. The number of nitrogens with one attached hydrogen (secondary N) is 1. The number of para-hydroxylation sites is 1. The summed E-state index contributed by atoms with van der Waals surface area (Å²) >= 11 is 0. The van der Waals surface area contributed by atoms with E-state index in [9.17, 15) is 20.6 Å². The average molecular weight is 370 g/mol. The number of rotatable bonds is 1. The zero-order valence-electron chi connectivity index (χ0n) is 15.4. The normalized spacial score (nSPS) is 27.7. The summed E-state index contributed by atoms with van der Waals surface area (Å²) in [6, 6.07) is 13.4. The second-order valence-corrected chi connectivity index (χ2v) is 7.25. The van der Waals surface area contributed by atoms with Crippen molar-refractivity contribution in [2.24, 2.45) is 17.1 Å². The van der Waals surface area contributed by atoms with Gasteiger partial charge in [-0.15, -0.1) is 0 Å². The Balaban J connectivity index is 2.14. The van der Waals surface area contributed by atoms with Crippen molar-refractivity contribution in [2.75, 3.05) is 25.0 Å². The molecule has 138 valence electrons. The molecule has 1 aliphatic carbocycles. The number of allylic oxidation sites excluding steroid dienone is 1. The van der Waals surface area contributed by atoms with E-state index in [0.717, 1.165) is 6.54 Å². The van der Waals surface area contributed by atoms with Crippen LogP contribution in [0.5, 0.6) is 0 Å². The van der Waals surface area contributed by atoms with E-state index in [-0.39, 0.29) is 17.2 Å². The SMILES string of the molecule is CCN1CC=C2[C@H](C1)[C@]1(C(=O)Nc3ccccc31)C(C#N)=C(N)C2(C#N)C#N. The van der Waals surface area contributed by atoms with Gasteiger partial charge in [-0.05, 0) is 23.7 Å². The highest BCUT2D eigenvalue weighted by molar-refractivity contribution is 6.10. The molecule has 0 radical (unpaired) electrons. The standard InChI is InChI=1S/C21H18N6O/c1-2-27-8-7-13-16(10-27)21(14-5-3-4-6-17(14)26-19(21)28)15(9-22)18(25)20(13,11-23)12-24/h3-7,16H,2,8,10,25H2,1H3,(H,26,28)/t16-,21+/m0/s1. The summed E-state index contributed by atoms with van der Waals surface area (Å²) in [5, 5.41) is 32.8. The molecule has 2 atom stereocenters. The third kappa shape index (κ3) is 1.85. The maximum atomic E-state index is 13.4. The number of likely N-dealkylation sites (N-methyl/N-ethyl adjacent to an activating group) is 1. The van der Waals surface area contributed by atoms with Crippen LogP contribution in [0.4, 0.5) is 5.69 Å². The van der Waals surface area contributed by atoms with E-state index >= 15 is 0 Å². The molecule has 2 heterocycles. The molecule has 3 N–H and O–H groups in total. The highest BCUT2D eigenvalue weighted by Crippen LogP contribution is 2.59. The van der Waals surface area contributed by atoms with Crippen LogP contribution < -0.4 is 11.1 Å². The quantitative estimate of drug-likeness (QED) is 0.721. The molecule has 0 bridgehead atoms. The number of nitriles is 3. The Morgan fingerprint density at radius 2 is 2.00 bits per heavy atom. The minimum absolute atomic E-state index is 0.00171. The molecule has 4 rings (SSSR count). The number of carbonyl (C=O) groups is 1. The van der Waals surface area contributed by atoms with E-state index in [1.54, 1.807) is 6.07 Å². The fourth-order valence-electron chi connectivity index (χ4n) is 4.87. The number of nitrogens with zero attached hydrogens (tertiary/aromatic N) is 4. The first-order valence-electron chi connectivity index (χ1n) is 9.08. The van der Waals surface area contributed by atoms with Crippen molar-refractivity contribution in [3.63, 3.8) is 0 Å². The van der Waals surface area contributed by atoms with E-state index < -0.39 is 16.7 Å². The van der Waals surface area contributed by atoms with Crippen molar-refractivity contribution in [2.45, 2.75) is 12.3 Å². The van der Waals surface area contributed by atoms with Crippen LogP contribution in [0.25, 0.3) is 0 Å². The molecule has 0 saturated heterocycles. The Kier molecular flexibility index (Phi) is 3.79. The minimum atomic E-state index is -1.74. The summed E-state index contributed by atoms with van der Waals surface area (Å²) in [6.45, 7) is 3.76. The van der Waals surface area contributed by atoms with Gasteiger partial charge in [-0.3, -0.25) is 9.69 Å². The van der Waals surface area contributed by atoms with Gasteiger partial charge in [0, 0.05) is 24.7 Å². The number of benzene rings is 1. The Bertz CT molecular complexity index is 1070. The highest BCUT2D eigenvalue weighted by atomic mass is 16.2. The highest BCUT2D eigenvalue weighted by Gasteiger charge is 2.65. The molecular formula is C21H18N6O. The van der Waals surface area contributed by atoms with Gasteiger partial charge >= 0.3 is 0 Å². The number of carbonyl (C=O) groups excluding carboxylic acids is 1. The van der Waals surface area contributed by atoms with Gasteiger partial charge in [0.05, 0.1) is 29.5 Å². The predicted octanol–water partition coefficient (Wildman–Crippen LogP) is 1.54. The summed E-state index contributed by atoms with van der Waals surface area (Å²) in [4.78, 5) is 15.5. The second kappa shape index (κ2) is 5.96. The number of hydrogen-bond donors (Lipinski definition) is 2. The number of fused-ring (bicyclic) bond motifs is 4. The largest absolute Gasteiger partial charge is 0.399 e. The summed E-state index contributed by atoms with van der Waals surface area (Å²) < 4.78 is 0. The maximum absolute atomic E-state index is 13.4. The lowest BCUT2D eigenvalue weighted by molar-refractivity contribution is -0.121. The lowest BCUT2D eigenvalue weighted by Gasteiger charge is -2.49. The van der Waals surface area contributed by atoms with Gasteiger partial charge in [0.15, 0.2) is 0 Å². The van der Waals surface area contributed by atoms with Crippen molar-refractivity contribution in [3.8, 4) is 18.2 Å². The summed E-state index contributed by atoms with van der Waals surface area (Å²) in [6.07, 6.45) is 1.83. The molecule has 0 aromatic heterocycles. The van der Waals surface area contributed by atoms with Gasteiger partial charge in [0.25, 0.3) is 0 Å². The van der Waals surface area contributed by atoms with E-state index in [0.29, 0.717) is 29.9 Å². The molecule has 28 heavy (non-hydrogen) atoms. The van der Waals surface area contributed by atoms with Crippen LogP contribution in [0, 0.1) is 45.3 Å². The van der Waals surface area contributed by atoms with Crippen LogP contribution in [0.2, 0.25) is 0 Å². The van der Waals surface area contributed by atoms with Crippen molar-refractivity contribution < 1.29 is 4.79 Å². The third-order valence-electron chi connectivity index (χ3n) is 6.26. The molecule has 0 unspecified atom stereocenters. The minimum Gasteiger partial charge on any atom is -0.399 e. The molecule has 2 aliphatic heterocycles. The first kappa shape index (κ1) is 17.8. The first-order chi connectivity index (χ1) is 13.5. The molecule has 3 aliphatic rings. The average Bonchev–Trinajstić information content (AvgIpc) is 3.02. The van der Waals surface area contributed by atoms with Crippen LogP contribution in [-0.2, 0) is 10.2 Å². The Morgan fingerprint density at radius 1 is 1.29 bits per heavy atom. The number of amides is 1. The van der Waals surface area contributed by atoms with Crippen LogP contribution in [-0.4, -0.2) is 30.4 Å². The van der Waals surface area contributed by atoms with Crippen molar-refractivity contribution in [1.82, 2.24) is 4.90 Å². The molecule has 7 heteroatoms. The number of anilines is 1. The van der Waals surface area contributed by atoms with Crippen LogP contribution in [0.3, 0.4) is 0 Å². The van der Waals surface area contributed by atoms with Crippen LogP contribution in [0.1, 0.15) is 12.5 Å². The first-order valence-corrected chi connectivity index (χ1v) is 9.08. The topological polar surface area (TPSA) is 130 Å². The fraction of sp³-hybridized carbons (Fsp3) is 0.333. The summed E-state index contributed by atoms with van der Waals surface area (Å²) in [5.74, 6) is -0.877. The zero-order chi connectivity index (χ0) is 20.1. The van der Waals surface area contributed by atoms with Gasteiger partial charge in [-0.25, -0.2) is 0 Å². The van der Waals surface area contributed by atoms with E-state index in [1.165, 1.54) is 0 Å². The van der Waals surface area contributed by atoms with Crippen LogP contribution in [0.15, 0.2) is 47.2 Å². The summed E-state index contributed by atoms with van der Waals surface area (Å²) in [7, 11) is 0. The monoisotopic (exact) mass is 370 g/mol. The Morgan fingerprint density at radius 3 is 2.64 bits per heavy atom. The van der Waals surface area contributed by atoms with Crippen molar-refractivity contribution in [1.29, 1.82) is 15.8 Å². The molecule has 1 aromatic rings. The van der Waals surface area contributed by atoms with Gasteiger partial charge in [0.2, 0.25) is 11.3 Å². The molecule has 1 amide bonds. The number of nitrogens with two attached hydrogens (primary N) is 1. The van der Waals surface area contributed by atoms with Gasteiger partial charge < -0.3 is 11.1 Å². The molecule has 7 nitrogen and oxygen atoms in total. The van der Waals surface area contributed by atoms with E-state index in [4.69, 9.17) is 5.73 Å². The van der Waals surface area contributed by atoms with Crippen LogP contribution >= 0.6 is 0 Å². The fourth-order valence-corrected chi connectivity index (χ4v) is 4.87. The van der Waals surface area contributed by atoms with E-state index in [2.05, 4.69) is 16.3 Å². The van der Waals surface area contributed by atoms with Crippen molar-refractivity contribution in [3.05, 3.63) is 52.7 Å². The second-order valence-electron chi connectivity index (χ2n) is 7.25. The van der Waals surface area contributed by atoms with Gasteiger partial charge in [-0.2, -0.15) is 15.8 Å². The third-order valence-corrected chi connectivity index (χ3v) is 6.26. The molecule has 1 spiro atoms. The van der Waals surface area contributed by atoms with Gasteiger partial charge in [-0.1, -0.05) is 31.2 Å². The Hall–Kier alpha value is -3.60. The molecule has 0 saturated carbocycles. The lowest BCUT2D eigenvalue weighted by Crippen LogP contribution is -2.57. The predicted molar refractivity (Wildman–Crippen MR) is 101 cm³/mol. The molecule has 0 fully saturated rings. The number of hydrogen-bond acceptors (Lipinski definition) is 6. The van der Waals surface area contributed by atoms with Crippen molar-refractivity contribution >= 4 is 11.6 Å². The molecular weight excluding hydrogens is 352 g/mol. The van der Waals surface area contributed by atoms with Gasteiger partial charge in [0.1, 0.15) is 5.41 Å². The lowest BCUT2D eigenvalue weighted by atomic mass is 9.52. The Labute approximate surface area is 162 Å². The summed E-state index contributed by atoms with van der Waals surface area (Å²) in [5.41, 5.74) is 4.91. The maximum Gasteiger partial charge on any atom is 0.241 e. The smallest absolute Gasteiger partial charge is 0.241 e. The van der Waals surface area contributed by atoms with E-state index in [1.807, 2.05) is 43.3 Å².